The Morgan fingerprint density at radius 2 is 1.97 bits per heavy atom. The Kier molecular flexibility index (Phi) is 5.90. The molecule has 0 atom stereocenters. The Morgan fingerprint density at radius 1 is 1.16 bits per heavy atom. The van der Waals surface area contributed by atoms with Crippen LogP contribution < -0.4 is 10.1 Å². The molecular formula is C23H16FNO5S. The topological polar surface area (TPSA) is 81.7 Å². The van der Waals surface area contributed by atoms with E-state index >= 15 is 0 Å². The fourth-order valence-electron chi connectivity index (χ4n) is 2.94. The zero-order valence-corrected chi connectivity index (χ0v) is 16.9. The van der Waals surface area contributed by atoms with Gasteiger partial charge in [-0.3, -0.25) is 9.59 Å². The lowest BCUT2D eigenvalue weighted by Gasteiger charge is -2.18. The fourth-order valence-corrected chi connectivity index (χ4v) is 3.67. The summed E-state index contributed by atoms with van der Waals surface area (Å²) in [5.74, 6) is -1.32. The van der Waals surface area contributed by atoms with Crippen molar-refractivity contribution in [2.45, 2.75) is 0 Å². The third kappa shape index (κ3) is 4.87. The number of hydrogen-bond donors (Lipinski definition) is 1. The molecule has 1 amide bonds. The quantitative estimate of drug-likeness (QED) is 0.355. The summed E-state index contributed by atoms with van der Waals surface area (Å²) in [5, 5.41) is 4.44. The molecule has 0 spiro atoms. The zero-order chi connectivity index (χ0) is 21.8. The lowest BCUT2D eigenvalue weighted by atomic mass is 10.1. The summed E-state index contributed by atoms with van der Waals surface area (Å²) in [5.41, 5.74) is 1.56. The first-order valence-corrected chi connectivity index (χ1v) is 10.2. The number of fused-ring (bicyclic) bond motifs is 1. The van der Waals surface area contributed by atoms with Crippen molar-refractivity contribution in [1.29, 1.82) is 0 Å². The number of carbonyl (C=O) groups excluding carboxylic acids is 3. The summed E-state index contributed by atoms with van der Waals surface area (Å²) >= 11 is 1.35. The highest BCUT2D eigenvalue weighted by Crippen LogP contribution is 2.29. The summed E-state index contributed by atoms with van der Waals surface area (Å²) in [7, 11) is 0. The van der Waals surface area contributed by atoms with Crippen LogP contribution in [0.15, 0.2) is 60.0 Å². The van der Waals surface area contributed by atoms with Crippen LogP contribution in [0.5, 0.6) is 5.75 Å². The Labute approximate surface area is 180 Å². The SMILES string of the molecule is O=C1COc2ccc(C(=O)COC(=O)/C(=C/c3ccc(F)cc3)c3cccs3)cc2N1. The number of benzene rings is 2. The van der Waals surface area contributed by atoms with Gasteiger partial charge in [-0.25, -0.2) is 9.18 Å². The molecule has 0 bridgehead atoms. The molecule has 3 aromatic rings. The van der Waals surface area contributed by atoms with Crippen LogP contribution in [-0.4, -0.2) is 30.9 Å². The molecule has 156 valence electrons. The van der Waals surface area contributed by atoms with Gasteiger partial charge < -0.3 is 14.8 Å². The van der Waals surface area contributed by atoms with Gasteiger partial charge in [0.1, 0.15) is 11.6 Å². The Bertz CT molecular complexity index is 1170. The molecule has 0 unspecified atom stereocenters. The molecule has 0 fully saturated rings. The Hall–Kier alpha value is -3.78. The molecule has 0 aliphatic carbocycles. The lowest BCUT2D eigenvalue weighted by molar-refractivity contribution is -0.135. The van der Waals surface area contributed by atoms with E-state index < -0.39 is 18.4 Å². The van der Waals surface area contributed by atoms with Gasteiger partial charge in [0, 0.05) is 10.4 Å². The second-order valence-electron chi connectivity index (χ2n) is 6.63. The maximum Gasteiger partial charge on any atom is 0.340 e. The average Bonchev–Trinajstić information content (AvgIpc) is 3.31. The fraction of sp³-hybridized carbons (Fsp3) is 0.0870. The van der Waals surface area contributed by atoms with E-state index in [1.165, 1.54) is 29.5 Å². The number of carbonyl (C=O) groups is 3. The van der Waals surface area contributed by atoms with E-state index in [2.05, 4.69) is 5.32 Å². The Morgan fingerprint density at radius 3 is 2.71 bits per heavy atom. The van der Waals surface area contributed by atoms with Crippen LogP contribution in [0.1, 0.15) is 20.8 Å². The van der Waals surface area contributed by atoms with Crippen molar-refractivity contribution >= 4 is 46.3 Å². The first-order chi connectivity index (χ1) is 15.0. The number of ether oxygens (including phenoxy) is 2. The molecule has 2 aromatic carbocycles. The number of nitrogens with one attached hydrogen (secondary N) is 1. The van der Waals surface area contributed by atoms with Crippen molar-refractivity contribution in [2.24, 2.45) is 0 Å². The van der Waals surface area contributed by atoms with Crippen molar-refractivity contribution < 1.29 is 28.2 Å². The van der Waals surface area contributed by atoms with Crippen LogP contribution in [0, 0.1) is 5.82 Å². The zero-order valence-electron chi connectivity index (χ0n) is 16.1. The number of amides is 1. The second-order valence-corrected chi connectivity index (χ2v) is 7.58. The van der Waals surface area contributed by atoms with E-state index in [9.17, 15) is 18.8 Å². The maximum atomic E-state index is 13.2. The van der Waals surface area contributed by atoms with Crippen LogP contribution in [-0.2, 0) is 14.3 Å². The number of rotatable bonds is 6. The highest BCUT2D eigenvalue weighted by Gasteiger charge is 2.20. The van der Waals surface area contributed by atoms with Gasteiger partial charge in [0.2, 0.25) is 0 Å². The number of anilines is 1. The third-order valence-electron chi connectivity index (χ3n) is 4.46. The van der Waals surface area contributed by atoms with E-state index in [-0.39, 0.29) is 29.5 Å². The maximum absolute atomic E-state index is 13.2. The lowest BCUT2D eigenvalue weighted by Crippen LogP contribution is -2.25. The number of hydrogen-bond acceptors (Lipinski definition) is 6. The first kappa shape index (κ1) is 20.5. The summed E-state index contributed by atoms with van der Waals surface area (Å²) in [6.07, 6.45) is 1.59. The minimum atomic E-state index is -0.672. The number of ketones is 1. The van der Waals surface area contributed by atoms with E-state index in [1.54, 1.807) is 42.5 Å². The van der Waals surface area contributed by atoms with Gasteiger partial charge in [-0.15, -0.1) is 11.3 Å². The molecule has 1 N–H and O–H groups in total. The number of halogens is 1. The second kappa shape index (κ2) is 8.93. The van der Waals surface area contributed by atoms with Gasteiger partial charge >= 0.3 is 5.97 Å². The predicted molar refractivity (Wildman–Crippen MR) is 114 cm³/mol. The van der Waals surface area contributed by atoms with Crippen molar-refractivity contribution in [3.05, 3.63) is 81.8 Å². The third-order valence-corrected chi connectivity index (χ3v) is 5.36. The molecule has 8 heteroatoms. The highest BCUT2D eigenvalue weighted by atomic mass is 32.1. The molecule has 2 heterocycles. The summed E-state index contributed by atoms with van der Waals surface area (Å²) in [6, 6.07) is 13.8. The number of Topliss-reactive ketones (excluding diaryl/α,β-unsaturated/α-hetero) is 1. The minimum Gasteiger partial charge on any atom is -0.482 e. The van der Waals surface area contributed by atoms with E-state index in [0.29, 0.717) is 21.9 Å². The van der Waals surface area contributed by atoms with Gasteiger partial charge in [0.15, 0.2) is 19.0 Å². The molecule has 31 heavy (non-hydrogen) atoms. The Balaban J connectivity index is 1.49. The van der Waals surface area contributed by atoms with Crippen LogP contribution >= 0.6 is 11.3 Å². The van der Waals surface area contributed by atoms with Gasteiger partial charge in [-0.1, -0.05) is 18.2 Å². The first-order valence-electron chi connectivity index (χ1n) is 9.28. The molecule has 1 aliphatic rings. The number of esters is 1. The normalized spacial score (nSPS) is 13.1. The summed E-state index contributed by atoms with van der Waals surface area (Å²) in [4.78, 5) is 37.4. The summed E-state index contributed by atoms with van der Waals surface area (Å²) in [6.45, 7) is -0.553. The standard InChI is InChI=1S/C23H16FNO5S/c24-16-6-3-14(4-7-16)10-17(21-2-1-9-31-21)23(28)30-12-19(26)15-5-8-20-18(11-15)25-22(27)13-29-20/h1-11H,12-13H2,(H,25,27)/b17-10+. The van der Waals surface area contributed by atoms with Crippen molar-refractivity contribution in [1.82, 2.24) is 0 Å². The smallest absolute Gasteiger partial charge is 0.340 e. The van der Waals surface area contributed by atoms with Crippen molar-refractivity contribution in [3.63, 3.8) is 0 Å². The molecule has 0 radical (unpaired) electrons. The van der Waals surface area contributed by atoms with Crippen LogP contribution in [0.3, 0.4) is 0 Å². The monoisotopic (exact) mass is 437 g/mol. The molecule has 1 aliphatic heterocycles. The van der Waals surface area contributed by atoms with Crippen molar-refractivity contribution in [3.8, 4) is 5.75 Å². The average molecular weight is 437 g/mol. The molecule has 6 nitrogen and oxygen atoms in total. The summed E-state index contributed by atoms with van der Waals surface area (Å²) < 4.78 is 23.7. The van der Waals surface area contributed by atoms with Crippen LogP contribution in [0.2, 0.25) is 0 Å². The van der Waals surface area contributed by atoms with E-state index in [1.807, 2.05) is 5.38 Å². The van der Waals surface area contributed by atoms with E-state index in [4.69, 9.17) is 9.47 Å². The number of thiophene rings is 1. The van der Waals surface area contributed by atoms with Gasteiger partial charge in [0.05, 0.1) is 11.3 Å². The van der Waals surface area contributed by atoms with Crippen molar-refractivity contribution in [2.75, 3.05) is 18.5 Å². The minimum absolute atomic E-state index is 0.0796. The largest absolute Gasteiger partial charge is 0.482 e. The van der Waals surface area contributed by atoms with Gasteiger partial charge in [-0.05, 0) is 53.4 Å². The molecule has 1 aromatic heterocycles. The molecule has 4 rings (SSSR count). The highest BCUT2D eigenvalue weighted by molar-refractivity contribution is 7.11. The van der Waals surface area contributed by atoms with E-state index in [0.717, 1.165) is 0 Å². The molecule has 0 saturated heterocycles. The van der Waals surface area contributed by atoms with Gasteiger partial charge in [-0.2, -0.15) is 0 Å². The van der Waals surface area contributed by atoms with Crippen LogP contribution in [0.4, 0.5) is 10.1 Å². The predicted octanol–water partition coefficient (Wildman–Crippen LogP) is 4.18. The van der Waals surface area contributed by atoms with Gasteiger partial charge in [0.25, 0.3) is 5.91 Å². The molecule has 0 saturated carbocycles. The molecular weight excluding hydrogens is 421 g/mol. The van der Waals surface area contributed by atoms with Crippen LogP contribution in [0.25, 0.3) is 11.6 Å².